The van der Waals surface area contributed by atoms with Gasteiger partial charge in [-0.25, -0.2) is 0 Å². The lowest BCUT2D eigenvalue weighted by Gasteiger charge is -2.45. The van der Waals surface area contributed by atoms with Gasteiger partial charge in [-0.05, 0) is 42.9 Å². The van der Waals surface area contributed by atoms with E-state index in [9.17, 15) is 18.0 Å². The number of likely N-dealkylation sites (tertiary alicyclic amines) is 1. The lowest BCUT2D eigenvalue weighted by Crippen LogP contribution is -2.54. The Balaban J connectivity index is 1.29. The zero-order chi connectivity index (χ0) is 19.2. The number of benzene rings is 1. The maximum absolute atomic E-state index is 12.7. The Morgan fingerprint density at radius 3 is 2.41 bits per heavy atom. The average molecular weight is 378 g/mol. The summed E-state index contributed by atoms with van der Waals surface area (Å²) in [5, 5.41) is 8.03. The van der Waals surface area contributed by atoms with Gasteiger partial charge in [0.25, 0.3) is 0 Å². The maximum Gasteiger partial charge on any atom is 0.416 e. The van der Waals surface area contributed by atoms with Crippen LogP contribution in [0.1, 0.15) is 35.7 Å². The fourth-order valence-electron chi connectivity index (χ4n) is 4.01. The first-order valence-electron chi connectivity index (χ1n) is 9.11. The minimum absolute atomic E-state index is 0.0279. The Hall–Kier alpha value is -2.38. The Kier molecular flexibility index (Phi) is 4.44. The predicted molar refractivity (Wildman–Crippen MR) is 91.7 cm³/mol. The van der Waals surface area contributed by atoms with E-state index in [1.165, 1.54) is 12.1 Å². The van der Waals surface area contributed by atoms with Gasteiger partial charge in [0.1, 0.15) is 12.2 Å². The van der Waals surface area contributed by atoms with E-state index in [2.05, 4.69) is 10.2 Å². The van der Waals surface area contributed by atoms with Crippen LogP contribution in [0.3, 0.4) is 0 Å². The van der Waals surface area contributed by atoms with E-state index in [1.54, 1.807) is 6.33 Å². The first-order chi connectivity index (χ1) is 12.8. The normalized spacial score (nSPS) is 23.0. The zero-order valence-electron chi connectivity index (χ0n) is 15.0. The molecule has 0 bridgehead atoms. The van der Waals surface area contributed by atoms with Crippen molar-refractivity contribution < 1.29 is 18.0 Å². The molecule has 2 fully saturated rings. The summed E-state index contributed by atoms with van der Waals surface area (Å²) in [5.41, 5.74) is 0.247. The second-order valence-corrected chi connectivity index (χ2v) is 7.60. The van der Waals surface area contributed by atoms with Crippen molar-refractivity contribution >= 4 is 5.91 Å². The van der Waals surface area contributed by atoms with Gasteiger partial charge in [-0.1, -0.05) is 12.1 Å². The number of halogens is 3. The van der Waals surface area contributed by atoms with E-state index in [4.69, 9.17) is 0 Å². The Bertz CT molecular complexity index is 824. The summed E-state index contributed by atoms with van der Waals surface area (Å²) < 4.78 is 39.7. The molecule has 0 unspecified atom stereocenters. The highest BCUT2D eigenvalue weighted by molar-refractivity contribution is 5.81. The highest BCUT2D eigenvalue weighted by atomic mass is 19.4. The number of nitrogens with zero attached hydrogens (tertiary/aromatic N) is 4. The van der Waals surface area contributed by atoms with Gasteiger partial charge < -0.3 is 9.47 Å². The monoisotopic (exact) mass is 378 g/mol. The predicted octanol–water partition coefficient (Wildman–Crippen LogP) is 3.03. The molecule has 4 rings (SSSR count). The van der Waals surface area contributed by atoms with Crippen LogP contribution in [0.4, 0.5) is 13.2 Å². The molecule has 1 aliphatic heterocycles. The minimum Gasteiger partial charge on any atom is -0.342 e. The number of rotatable bonds is 4. The summed E-state index contributed by atoms with van der Waals surface area (Å²) in [6, 6.07) is 5.31. The smallest absolute Gasteiger partial charge is 0.342 e. The van der Waals surface area contributed by atoms with Gasteiger partial charge in [0.2, 0.25) is 5.91 Å². The molecule has 1 saturated carbocycles. The third-order valence-corrected chi connectivity index (χ3v) is 5.74. The zero-order valence-corrected chi connectivity index (χ0v) is 15.0. The van der Waals surface area contributed by atoms with Gasteiger partial charge in [0.15, 0.2) is 0 Å². The molecule has 0 radical (unpaired) electrons. The van der Waals surface area contributed by atoms with Crippen molar-refractivity contribution in [2.24, 2.45) is 18.9 Å². The van der Waals surface area contributed by atoms with Gasteiger partial charge in [-0.2, -0.15) is 13.2 Å². The van der Waals surface area contributed by atoms with Crippen molar-refractivity contribution in [3.8, 4) is 0 Å². The number of alkyl halides is 3. The molecule has 1 aromatic carbocycles. The van der Waals surface area contributed by atoms with Crippen LogP contribution in [0.15, 0.2) is 30.6 Å². The van der Waals surface area contributed by atoms with Crippen molar-refractivity contribution in [3.05, 3.63) is 47.5 Å². The van der Waals surface area contributed by atoms with Gasteiger partial charge in [0.05, 0.1) is 5.56 Å². The van der Waals surface area contributed by atoms with E-state index < -0.39 is 11.7 Å². The third kappa shape index (κ3) is 3.44. The summed E-state index contributed by atoms with van der Waals surface area (Å²) in [5.74, 6) is 1.44. The molecule has 2 heterocycles. The van der Waals surface area contributed by atoms with Gasteiger partial charge >= 0.3 is 6.18 Å². The first-order valence-corrected chi connectivity index (χ1v) is 9.11. The second-order valence-electron chi connectivity index (χ2n) is 7.60. The summed E-state index contributed by atoms with van der Waals surface area (Å²) in [7, 11) is 1.89. The Morgan fingerprint density at radius 1 is 1.19 bits per heavy atom. The Morgan fingerprint density at radius 2 is 1.89 bits per heavy atom. The van der Waals surface area contributed by atoms with Gasteiger partial charge in [-0.15, -0.1) is 10.2 Å². The van der Waals surface area contributed by atoms with Crippen molar-refractivity contribution in [1.29, 1.82) is 0 Å². The number of hydrogen-bond acceptors (Lipinski definition) is 3. The van der Waals surface area contributed by atoms with E-state index in [-0.39, 0.29) is 17.7 Å². The molecule has 1 aliphatic carbocycles. The molecule has 2 aliphatic rings. The van der Waals surface area contributed by atoms with Gasteiger partial charge in [-0.3, -0.25) is 4.79 Å². The highest BCUT2D eigenvalue weighted by Gasteiger charge is 2.44. The van der Waals surface area contributed by atoms with Crippen molar-refractivity contribution in [2.45, 2.75) is 31.4 Å². The molecule has 0 N–H and O–H groups in total. The van der Waals surface area contributed by atoms with Gasteiger partial charge in [0, 0.05) is 32.0 Å². The van der Waals surface area contributed by atoms with Crippen molar-refractivity contribution in [3.63, 3.8) is 0 Å². The number of hydrogen-bond donors (Lipinski definition) is 0. The van der Waals surface area contributed by atoms with E-state index in [0.717, 1.165) is 36.4 Å². The summed E-state index contributed by atoms with van der Waals surface area (Å²) >= 11 is 0. The molecule has 1 aromatic heterocycles. The van der Waals surface area contributed by atoms with Crippen LogP contribution in [0.25, 0.3) is 0 Å². The summed E-state index contributed by atoms with van der Waals surface area (Å²) in [6.07, 6.45) is -0.138. The van der Waals surface area contributed by atoms with E-state index in [1.807, 2.05) is 16.5 Å². The number of carbonyl (C=O) groups excluding carboxylic acids is 1. The third-order valence-electron chi connectivity index (χ3n) is 5.74. The molecule has 8 heteroatoms. The number of amides is 1. The number of aryl methyl sites for hydroxylation is 1. The van der Waals surface area contributed by atoms with Crippen LogP contribution in [-0.2, 0) is 24.4 Å². The highest BCUT2D eigenvalue weighted by Crippen LogP contribution is 2.43. The molecular weight excluding hydrogens is 357 g/mol. The molecule has 5 nitrogen and oxygen atoms in total. The standard InChI is InChI=1S/C19H21F3N4O/c1-25-11-23-24-17(25)15-6-7-16(15)18(27)26-9-13(10-26)8-12-2-4-14(5-3-12)19(20,21)22/h2-5,11,13,15-16H,6-10H2,1H3/t15-,16+/m1/s1. The molecule has 1 amide bonds. The van der Waals surface area contributed by atoms with Crippen LogP contribution >= 0.6 is 0 Å². The van der Waals surface area contributed by atoms with Crippen LogP contribution in [0.5, 0.6) is 0 Å². The first kappa shape index (κ1) is 18.0. The topological polar surface area (TPSA) is 51.0 Å². The lowest BCUT2D eigenvalue weighted by molar-refractivity contribution is -0.146. The second kappa shape index (κ2) is 6.65. The average Bonchev–Trinajstić information content (AvgIpc) is 2.94. The molecule has 27 heavy (non-hydrogen) atoms. The molecule has 144 valence electrons. The van der Waals surface area contributed by atoms with Crippen LogP contribution in [0.2, 0.25) is 0 Å². The summed E-state index contributed by atoms with van der Waals surface area (Å²) in [6.45, 7) is 1.34. The molecule has 0 spiro atoms. The number of aromatic nitrogens is 3. The lowest BCUT2D eigenvalue weighted by atomic mass is 9.71. The van der Waals surface area contributed by atoms with Crippen LogP contribution in [-0.4, -0.2) is 38.7 Å². The fraction of sp³-hybridized carbons (Fsp3) is 0.526. The van der Waals surface area contributed by atoms with Crippen molar-refractivity contribution in [1.82, 2.24) is 19.7 Å². The van der Waals surface area contributed by atoms with Crippen molar-refractivity contribution in [2.75, 3.05) is 13.1 Å². The molecule has 1 saturated heterocycles. The Labute approximate surface area is 155 Å². The minimum atomic E-state index is -4.31. The van der Waals surface area contributed by atoms with E-state index >= 15 is 0 Å². The fourth-order valence-corrected chi connectivity index (χ4v) is 4.01. The largest absolute Gasteiger partial charge is 0.416 e. The summed E-state index contributed by atoms with van der Waals surface area (Å²) in [4.78, 5) is 14.6. The SMILES string of the molecule is Cn1cnnc1[C@@H]1CC[C@@H]1C(=O)N1CC(Cc2ccc(C(F)(F)F)cc2)C1. The molecule has 2 atom stereocenters. The maximum atomic E-state index is 12.7. The quantitative estimate of drug-likeness (QED) is 0.822. The van der Waals surface area contributed by atoms with Crippen LogP contribution < -0.4 is 0 Å². The number of carbonyl (C=O) groups is 1. The molecule has 2 aromatic rings. The van der Waals surface area contributed by atoms with Crippen LogP contribution in [0, 0.1) is 11.8 Å². The molecular formula is C19H21F3N4O. The van der Waals surface area contributed by atoms with E-state index in [0.29, 0.717) is 25.4 Å².